The zero-order valence-corrected chi connectivity index (χ0v) is 10.8. The van der Waals surface area contributed by atoms with E-state index in [0.717, 1.165) is 19.4 Å². The zero-order valence-electron chi connectivity index (χ0n) is 10.8. The summed E-state index contributed by atoms with van der Waals surface area (Å²) in [7, 11) is 0. The number of hydrogen-bond donors (Lipinski definition) is 3. The molecule has 0 bridgehead atoms. The second-order valence-electron chi connectivity index (χ2n) is 4.37. The molecule has 0 aromatic heterocycles. The van der Waals surface area contributed by atoms with Gasteiger partial charge in [-0.3, -0.25) is 0 Å². The van der Waals surface area contributed by atoms with Crippen LogP contribution in [0.2, 0.25) is 0 Å². The van der Waals surface area contributed by atoms with Crippen molar-refractivity contribution in [1.82, 2.24) is 5.32 Å². The van der Waals surface area contributed by atoms with Crippen LogP contribution in [0.3, 0.4) is 0 Å². The predicted molar refractivity (Wildman–Crippen MR) is 66.6 cm³/mol. The molecule has 1 aliphatic heterocycles. The van der Waals surface area contributed by atoms with Crippen molar-refractivity contribution in [3.8, 4) is 0 Å². The highest BCUT2D eigenvalue weighted by molar-refractivity contribution is 4.64. The van der Waals surface area contributed by atoms with Gasteiger partial charge in [-0.25, -0.2) is 0 Å². The minimum atomic E-state index is -0.510. The molecule has 0 aromatic carbocycles. The quantitative estimate of drug-likeness (QED) is 0.421. The molecule has 0 unspecified atom stereocenters. The topological polar surface area (TPSA) is 80.2 Å². The second kappa shape index (κ2) is 10.7. The van der Waals surface area contributed by atoms with Crippen molar-refractivity contribution in [3.63, 3.8) is 0 Å². The highest BCUT2D eigenvalue weighted by Gasteiger charge is 2.15. The predicted octanol–water partition coefficient (Wildman–Crippen LogP) is -0.859. The van der Waals surface area contributed by atoms with Crippen molar-refractivity contribution >= 4 is 0 Å². The Bertz CT molecular complexity index is 187. The molecule has 6 nitrogen and oxygen atoms in total. The van der Waals surface area contributed by atoms with E-state index in [-0.39, 0.29) is 12.7 Å². The fourth-order valence-corrected chi connectivity index (χ4v) is 1.75. The van der Waals surface area contributed by atoms with Crippen LogP contribution in [0.25, 0.3) is 0 Å². The van der Waals surface area contributed by atoms with Crippen molar-refractivity contribution in [2.45, 2.75) is 25.0 Å². The summed E-state index contributed by atoms with van der Waals surface area (Å²) in [5, 5.41) is 21.2. The fourth-order valence-electron chi connectivity index (χ4n) is 1.75. The Morgan fingerprint density at radius 1 is 1.33 bits per heavy atom. The average Bonchev–Trinajstić information content (AvgIpc) is 2.87. The van der Waals surface area contributed by atoms with Gasteiger partial charge in [0.05, 0.1) is 45.2 Å². The van der Waals surface area contributed by atoms with Crippen LogP contribution < -0.4 is 5.32 Å². The number of aliphatic hydroxyl groups excluding tert-OH is 2. The largest absolute Gasteiger partial charge is 0.394 e. The van der Waals surface area contributed by atoms with Crippen molar-refractivity contribution in [3.05, 3.63) is 0 Å². The van der Waals surface area contributed by atoms with Crippen LogP contribution in [0.15, 0.2) is 0 Å². The Balaban J connectivity index is 1.82. The van der Waals surface area contributed by atoms with Gasteiger partial charge in [-0.2, -0.15) is 0 Å². The van der Waals surface area contributed by atoms with Gasteiger partial charge in [0.25, 0.3) is 0 Å². The third-order valence-electron chi connectivity index (χ3n) is 2.68. The highest BCUT2D eigenvalue weighted by atomic mass is 16.5. The molecular weight excluding hydrogens is 238 g/mol. The van der Waals surface area contributed by atoms with E-state index in [1.54, 1.807) is 0 Å². The van der Waals surface area contributed by atoms with Crippen LogP contribution in [0.4, 0.5) is 0 Å². The summed E-state index contributed by atoms with van der Waals surface area (Å²) in [5.74, 6) is 0. The number of hydrogen-bond acceptors (Lipinski definition) is 6. The van der Waals surface area contributed by atoms with Crippen LogP contribution in [0.1, 0.15) is 12.8 Å². The molecular formula is C12H25NO5. The normalized spacial score (nSPS) is 21.3. The van der Waals surface area contributed by atoms with Crippen molar-refractivity contribution in [2.75, 3.05) is 52.7 Å². The first-order valence-corrected chi connectivity index (χ1v) is 6.59. The molecule has 0 aliphatic carbocycles. The molecule has 0 amide bonds. The van der Waals surface area contributed by atoms with Crippen LogP contribution in [-0.2, 0) is 14.2 Å². The van der Waals surface area contributed by atoms with Gasteiger partial charge in [-0.15, -0.1) is 0 Å². The van der Waals surface area contributed by atoms with E-state index in [1.165, 1.54) is 0 Å². The van der Waals surface area contributed by atoms with Crippen LogP contribution in [0.5, 0.6) is 0 Å². The molecule has 1 heterocycles. The standard InChI is InChI=1S/C12H25NO5/c14-4-7-16-6-3-13-8-11(15)9-17-10-12-2-1-5-18-12/h11-15H,1-10H2/t11-,12-/m1/s1. The first-order chi connectivity index (χ1) is 8.83. The van der Waals surface area contributed by atoms with Gasteiger partial charge in [0.1, 0.15) is 0 Å². The number of ether oxygens (including phenoxy) is 3. The Kier molecular flexibility index (Phi) is 9.37. The summed E-state index contributed by atoms with van der Waals surface area (Å²) in [5.41, 5.74) is 0. The molecule has 6 heteroatoms. The average molecular weight is 263 g/mol. The second-order valence-corrected chi connectivity index (χ2v) is 4.37. The van der Waals surface area contributed by atoms with Gasteiger partial charge in [-0.05, 0) is 12.8 Å². The van der Waals surface area contributed by atoms with E-state index in [4.69, 9.17) is 19.3 Å². The summed E-state index contributed by atoms with van der Waals surface area (Å²) in [6.07, 6.45) is 1.85. The minimum absolute atomic E-state index is 0.0414. The third-order valence-corrected chi connectivity index (χ3v) is 2.68. The lowest BCUT2D eigenvalue weighted by Crippen LogP contribution is -2.33. The number of rotatable bonds is 11. The molecule has 1 fully saturated rings. The highest BCUT2D eigenvalue weighted by Crippen LogP contribution is 2.11. The molecule has 0 spiro atoms. The maximum atomic E-state index is 9.62. The fraction of sp³-hybridized carbons (Fsp3) is 1.00. The van der Waals surface area contributed by atoms with Crippen molar-refractivity contribution in [2.24, 2.45) is 0 Å². The van der Waals surface area contributed by atoms with Gasteiger partial charge < -0.3 is 29.7 Å². The molecule has 108 valence electrons. The lowest BCUT2D eigenvalue weighted by atomic mass is 10.2. The van der Waals surface area contributed by atoms with Gasteiger partial charge in [0, 0.05) is 19.7 Å². The third kappa shape index (κ3) is 7.97. The monoisotopic (exact) mass is 263 g/mol. The summed E-state index contributed by atoms with van der Waals surface area (Å²) in [6, 6.07) is 0. The molecule has 18 heavy (non-hydrogen) atoms. The lowest BCUT2D eigenvalue weighted by molar-refractivity contribution is -0.0167. The van der Waals surface area contributed by atoms with Gasteiger partial charge >= 0.3 is 0 Å². The molecule has 1 rings (SSSR count). The maximum absolute atomic E-state index is 9.62. The Morgan fingerprint density at radius 3 is 2.94 bits per heavy atom. The minimum Gasteiger partial charge on any atom is -0.394 e. The molecule has 0 saturated carbocycles. The molecule has 1 aliphatic rings. The summed E-state index contributed by atoms with van der Waals surface area (Å²) < 4.78 is 15.9. The molecule has 3 N–H and O–H groups in total. The summed E-state index contributed by atoms with van der Waals surface area (Å²) in [4.78, 5) is 0. The maximum Gasteiger partial charge on any atom is 0.0897 e. The van der Waals surface area contributed by atoms with Gasteiger partial charge in [-0.1, -0.05) is 0 Å². The van der Waals surface area contributed by atoms with E-state index < -0.39 is 6.10 Å². The smallest absolute Gasteiger partial charge is 0.0897 e. The first kappa shape index (κ1) is 15.8. The zero-order chi connectivity index (χ0) is 13.1. The molecule has 2 atom stereocenters. The van der Waals surface area contributed by atoms with Crippen LogP contribution >= 0.6 is 0 Å². The van der Waals surface area contributed by atoms with E-state index in [0.29, 0.717) is 39.5 Å². The molecule has 0 radical (unpaired) electrons. The Hall–Kier alpha value is -0.240. The van der Waals surface area contributed by atoms with E-state index in [2.05, 4.69) is 5.32 Å². The van der Waals surface area contributed by atoms with E-state index in [9.17, 15) is 5.11 Å². The van der Waals surface area contributed by atoms with Crippen LogP contribution in [-0.4, -0.2) is 75.2 Å². The van der Waals surface area contributed by atoms with Crippen LogP contribution in [0, 0.1) is 0 Å². The summed E-state index contributed by atoms with van der Waals surface area (Å²) >= 11 is 0. The molecule has 0 aromatic rings. The van der Waals surface area contributed by atoms with Crippen molar-refractivity contribution < 1.29 is 24.4 Å². The van der Waals surface area contributed by atoms with Gasteiger partial charge in [0.15, 0.2) is 0 Å². The lowest BCUT2D eigenvalue weighted by Gasteiger charge is -2.14. The SMILES string of the molecule is OCCOCCNC[C@@H](O)COC[C@H]1CCCO1. The number of nitrogens with one attached hydrogen (secondary N) is 1. The van der Waals surface area contributed by atoms with E-state index in [1.807, 2.05) is 0 Å². The Labute approximate surface area is 108 Å². The first-order valence-electron chi connectivity index (χ1n) is 6.59. The number of aliphatic hydroxyl groups is 2. The van der Waals surface area contributed by atoms with Gasteiger partial charge in [0.2, 0.25) is 0 Å². The molecule has 1 saturated heterocycles. The Morgan fingerprint density at radius 2 is 2.22 bits per heavy atom. The summed E-state index contributed by atoms with van der Waals surface area (Å²) in [6.45, 7) is 3.78. The van der Waals surface area contributed by atoms with Crippen molar-refractivity contribution in [1.29, 1.82) is 0 Å². The van der Waals surface area contributed by atoms with E-state index >= 15 is 0 Å².